The van der Waals surface area contributed by atoms with Gasteiger partial charge >= 0.3 is 0 Å². The zero-order chi connectivity index (χ0) is 23.6. The van der Waals surface area contributed by atoms with Crippen molar-refractivity contribution in [3.05, 3.63) is 101 Å². The summed E-state index contributed by atoms with van der Waals surface area (Å²) in [7, 11) is 0. The van der Waals surface area contributed by atoms with Crippen molar-refractivity contribution in [2.45, 2.75) is 54.3 Å². The normalized spacial score (nSPS) is 21.7. The van der Waals surface area contributed by atoms with Gasteiger partial charge in [0.25, 0.3) is 0 Å². The summed E-state index contributed by atoms with van der Waals surface area (Å²) in [4.78, 5) is 3.68. The summed E-state index contributed by atoms with van der Waals surface area (Å²) in [6, 6.07) is 28.0. The van der Waals surface area contributed by atoms with Crippen LogP contribution in [0, 0.1) is 18.3 Å². The van der Waals surface area contributed by atoms with Gasteiger partial charge in [-0.05, 0) is 67.5 Å². The van der Waals surface area contributed by atoms with Crippen molar-refractivity contribution < 1.29 is 5.11 Å². The number of aryl methyl sites for hydroxylation is 1. The standard InChI is InChI=1S/C30H32N2OS/c1-23-8-6-10-25(20-23)30(33)15-18-32(19-16-30)17-7-14-29(22-31)26-11-3-2-9-24(26)21-34-28-13-5-4-12-27(28)29/h2-6,8-13,20,33H,7,14-19,21H2,1H3. The first-order valence-corrected chi connectivity index (χ1v) is 13.3. The lowest BCUT2D eigenvalue weighted by molar-refractivity contribution is -0.0262. The first-order valence-electron chi connectivity index (χ1n) is 12.3. The molecule has 34 heavy (non-hydrogen) atoms. The molecule has 174 valence electrons. The summed E-state index contributed by atoms with van der Waals surface area (Å²) in [5, 5.41) is 21.9. The molecule has 0 amide bonds. The van der Waals surface area contributed by atoms with E-state index in [4.69, 9.17) is 0 Å². The highest BCUT2D eigenvalue weighted by Crippen LogP contribution is 2.46. The van der Waals surface area contributed by atoms with Crippen LogP contribution in [0.5, 0.6) is 0 Å². The maximum absolute atomic E-state index is 11.3. The Morgan fingerprint density at radius 2 is 1.71 bits per heavy atom. The van der Waals surface area contributed by atoms with E-state index in [-0.39, 0.29) is 0 Å². The molecule has 3 nitrogen and oxygen atoms in total. The number of likely N-dealkylation sites (tertiary alicyclic amines) is 1. The molecular weight excluding hydrogens is 436 g/mol. The number of hydrogen-bond donors (Lipinski definition) is 1. The third-order valence-corrected chi connectivity index (χ3v) is 8.79. The van der Waals surface area contributed by atoms with Crippen LogP contribution in [-0.2, 0) is 16.8 Å². The van der Waals surface area contributed by atoms with Crippen LogP contribution in [0.2, 0.25) is 0 Å². The third-order valence-electron chi connectivity index (χ3n) is 7.66. The van der Waals surface area contributed by atoms with Crippen molar-refractivity contribution in [1.82, 2.24) is 4.90 Å². The van der Waals surface area contributed by atoms with Gasteiger partial charge in [0.05, 0.1) is 11.7 Å². The van der Waals surface area contributed by atoms with Gasteiger partial charge in [-0.2, -0.15) is 5.26 Å². The number of hydrogen-bond acceptors (Lipinski definition) is 4. The molecule has 1 saturated heterocycles. The minimum Gasteiger partial charge on any atom is -0.385 e. The molecule has 2 heterocycles. The van der Waals surface area contributed by atoms with Crippen LogP contribution in [-0.4, -0.2) is 29.6 Å². The smallest absolute Gasteiger partial charge is 0.109 e. The second-order valence-corrected chi connectivity index (χ2v) is 10.8. The van der Waals surface area contributed by atoms with E-state index in [1.807, 2.05) is 17.8 Å². The zero-order valence-corrected chi connectivity index (χ0v) is 20.7. The van der Waals surface area contributed by atoms with E-state index in [9.17, 15) is 10.4 Å². The van der Waals surface area contributed by atoms with Gasteiger partial charge in [-0.1, -0.05) is 72.3 Å². The number of nitriles is 1. The molecule has 5 rings (SSSR count). The molecule has 0 spiro atoms. The van der Waals surface area contributed by atoms with Crippen molar-refractivity contribution >= 4 is 11.8 Å². The van der Waals surface area contributed by atoms with E-state index in [1.54, 1.807) is 0 Å². The number of piperidine rings is 1. The molecule has 2 aliphatic heterocycles. The molecule has 0 radical (unpaired) electrons. The van der Waals surface area contributed by atoms with Gasteiger partial charge in [-0.3, -0.25) is 0 Å². The quantitative estimate of drug-likeness (QED) is 0.486. The van der Waals surface area contributed by atoms with Crippen LogP contribution in [0.25, 0.3) is 0 Å². The van der Waals surface area contributed by atoms with Gasteiger partial charge in [0, 0.05) is 23.7 Å². The number of aliphatic hydroxyl groups is 1. The van der Waals surface area contributed by atoms with Crippen molar-refractivity contribution in [1.29, 1.82) is 5.26 Å². The summed E-state index contributed by atoms with van der Waals surface area (Å²) < 4.78 is 0. The summed E-state index contributed by atoms with van der Waals surface area (Å²) in [6.07, 6.45) is 3.25. The first kappa shape index (κ1) is 23.2. The van der Waals surface area contributed by atoms with Gasteiger partial charge < -0.3 is 10.0 Å². The Balaban J connectivity index is 1.31. The Morgan fingerprint density at radius 3 is 2.47 bits per heavy atom. The predicted molar refractivity (Wildman–Crippen MR) is 139 cm³/mol. The van der Waals surface area contributed by atoms with E-state index in [0.717, 1.165) is 62.2 Å². The third kappa shape index (κ3) is 4.29. The number of benzene rings is 3. The monoisotopic (exact) mass is 468 g/mol. The SMILES string of the molecule is Cc1cccc(C2(O)CCN(CCCC3(C#N)c4ccccc4CSc4ccccc43)CC2)c1. The Labute approximate surface area is 207 Å². The number of rotatable bonds is 5. The molecule has 3 aromatic rings. The average Bonchev–Trinajstić information content (AvgIpc) is 3.01. The molecule has 4 heteroatoms. The summed E-state index contributed by atoms with van der Waals surface area (Å²) in [6.45, 7) is 4.79. The molecule has 0 saturated carbocycles. The van der Waals surface area contributed by atoms with Crippen molar-refractivity contribution in [2.75, 3.05) is 19.6 Å². The molecule has 0 bridgehead atoms. The molecule has 1 N–H and O–H groups in total. The molecule has 1 atom stereocenters. The molecule has 1 unspecified atom stereocenters. The van der Waals surface area contributed by atoms with Crippen LogP contribution in [0.4, 0.5) is 0 Å². The van der Waals surface area contributed by atoms with Gasteiger partial charge in [0.2, 0.25) is 0 Å². The average molecular weight is 469 g/mol. The number of nitrogens with zero attached hydrogens (tertiary/aromatic N) is 2. The summed E-state index contributed by atoms with van der Waals surface area (Å²) in [5.74, 6) is 0.903. The van der Waals surface area contributed by atoms with Crippen LogP contribution >= 0.6 is 11.8 Å². The van der Waals surface area contributed by atoms with Gasteiger partial charge in [0.1, 0.15) is 5.41 Å². The zero-order valence-electron chi connectivity index (χ0n) is 19.8. The number of thioether (sulfide) groups is 1. The lowest BCUT2D eigenvalue weighted by Gasteiger charge is -2.39. The Kier molecular flexibility index (Phi) is 6.53. The largest absolute Gasteiger partial charge is 0.385 e. The Bertz CT molecular complexity index is 1160. The Morgan fingerprint density at radius 1 is 0.971 bits per heavy atom. The summed E-state index contributed by atoms with van der Waals surface area (Å²) in [5.41, 5.74) is 4.48. The van der Waals surface area contributed by atoms with E-state index < -0.39 is 11.0 Å². The highest BCUT2D eigenvalue weighted by molar-refractivity contribution is 7.98. The van der Waals surface area contributed by atoms with E-state index in [2.05, 4.69) is 84.6 Å². The predicted octanol–water partition coefficient (Wildman–Crippen LogP) is 6.17. The minimum atomic E-state index is -0.729. The fourth-order valence-corrected chi connectivity index (χ4v) is 6.83. The lowest BCUT2D eigenvalue weighted by atomic mass is 9.71. The highest BCUT2D eigenvalue weighted by atomic mass is 32.2. The molecular formula is C30H32N2OS. The summed E-state index contributed by atoms with van der Waals surface area (Å²) >= 11 is 1.84. The van der Waals surface area contributed by atoms with Crippen molar-refractivity contribution in [3.63, 3.8) is 0 Å². The van der Waals surface area contributed by atoms with Crippen LogP contribution < -0.4 is 0 Å². The van der Waals surface area contributed by atoms with Crippen LogP contribution in [0.1, 0.15) is 53.5 Å². The molecule has 0 aromatic heterocycles. The molecule has 1 fully saturated rings. The van der Waals surface area contributed by atoms with Crippen LogP contribution in [0.3, 0.4) is 0 Å². The minimum absolute atomic E-state index is 0.616. The highest BCUT2D eigenvalue weighted by Gasteiger charge is 2.40. The molecule has 0 aliphatic carbocycles. The maximum Gasteiger partial charge on any atom is 0.109 e. The second-order valence-electron chi connectivity index (χ2n) is 9.81. The fourth-order valence-electron chi connectivity index (χ4n) is 5.69. The maximum atomic E-state index is 11.3. The first-order chi connectivity index (χ1) is 16.5. The topological polar surface area (TPSA) is 47.3 Å². The Hall–Kier alpha value is -2.58. The molecule has 2 aliphatic rings. The van der Waals surface area contributed by atoms with Gasteiger partial charge in [0.15, 0.2) is 0 Å². The van der Waals surface area contributed by atoms with Crippen molar-refractivity contribution in [2.24, 2.45) is 0 Å². The fraction of sp³-hybridized carbons (Fsp3) is 0.367. The van der Waals surface area contributed by atoms with Crippen molar-refractivity contribution in [3.8, 4) is 6.07 Å². The van der Waals surface area contributed by atoms with E-state index in [1.165, 1.54) is 21.6 Å². The lowest BCUT2D eigenvalue weighted by Crippen LogP contribution is -2.43. The number of fused-ring (bicyclic) bond motifs is 2. The molecule has 3 aromatic carbocycles. The van der Waals surface area contributed by atoms with E-state index in [0.29, 0.717) is 0 Å². The van der Waals surface area contributed by atoms with E-state index >= 15 is 0 Å². The van der Waals surface area contributed by atoms with Crippen LogP contribution in [0.15, 0.2) is 77.7 Å². The van der Waals surface area contributed by atoms with Gasteiger partial charge in [-0.25, -0.2) is 0 Å². The second kappa shape index (κ2) is 9.58. The van der Waals surface area contributed by atoms with Gasteiger partial charge in [-0.15, -0.1) is 11.8 Å².